The van der Waals surface area contributed by atoms with Gasteiger partial charge in [-0.25, -0.2) is 0 Å². The van der Waals surface area contributed by atoms with E-state index in [1.165, 1.54) is 37.5 Å². The number of nitro benzene ring substituents is 1. The van der Waals surface area contributed by atoms with Crippen LogP contribution in [0.25, 0.3) is 0 Å². The summed E-state index contributed by atoms with van der Waals surface area (Å²) in [7, 11) is 3.43. The fourth-order valence-electron chi connectivity index (χ4n) is 4.11. The molecule has 1 unspecified atom stereocenters. The van der Waals surface area contributed by atoms with Crippen LogP contribution in [0.5, 0.6) is 5.75 Å². The highest BCUT2D eigenvalue weighted by molar-refractivity contribution is 6.01. The summed E-state index contributed by atoms with van der Waals surface area (Å²) >= 11 is 0. The number of benzene rings is 2. The monoisotopic (exact) mass is 495 g/mol. The Balaban J connectivity index is 2.94. The molecule has 0 spiro atoms. The number of esters is 2. The first kappa shape index (κ1) is 27.4. The van der Waals surface area contributed by atoms with E-state index in [-0.39, 0.29) is 12.0 Å². The van der Waals surface area contributed by atoms with Crippen LogP contribution in [0.1, 0.15) is 29.0 Å². The molecule has 2 aromatic carbocycles. The maximum atomic E-state index is 13.9. The zero-order valence-corrected chi connectivity index (χ0v) is 19.3. The van der Waals surface area contributed by atoms with Gasteiger partial charge in [-0.05, 0) is 36.6 Å². The van der Waals surface area contributed by atoms with Gasteiger partial charge in [0.25, 0.3) is 5.69 Å². The van der Waals surface area contributed by atoms with Gasteiger partial charge in [-0.1, -0.05) is 24.3 Å². The van der Waals surface area contributed by atoms with Crippen LogP contribution in [0, 0.1) is 15.5 Å². The molecule has 0 amide bonds. The van der Waals surface area contributed by atoms with Crippen molar-refractivity contribution in [1.82, 2.24) is 0 Å². The van der Waals surface area contributed by atoms with Crippen LogP contribution in [0.3, 0.4) is 0 Å². The van der Waals surface area contributed by atoms with Crippen LogP contribution in [0.4, 0.5) is 18.9 Å². The number of carbonyl (C=O) groups is 2. The number of hydrogen-bond donors (Lipinski definition) is 0. The molecule has 0 heterocycles. The molecule has 8 nitrogen and oxygen atoms in total. The summed E-state index contributed by atoms with van der Waals surface area (Å²) in [4.78, 5) is 36.9. The molecule has 1 atom stereocenters. The third-order valence-electron chi connectivity index (χ3n) is 5.74. The second-order valence-electron chi connectivity index (χ2n) is 7.54. The Morgan fingerprint density at radius 2 is 1.63 bits per heavy atom. The summed E-state index contributed by atoms with van der Waals surface area (Å²) in [6.07, 6.45) is -4.79. The van der Waals surface area contributed by atoms with E-state index >= 15 is 0 Å². The number of ether oxygens (including phenoxy) is 3. The third-order valence-corrected chi connectivity index (χ3v) is 5.74. The molecule has 2 aromatic rings. The first-order valence-corrected chi connectivity index (χ1v) is 10.2. The minimum atomic E-state index is -4.94. The van der Waals surface area contributed by atoms with E-state index in [2.05, 4.69) is 6.58 Å². The lowest BCUT2D eigenvalue weighted by Crippen LogP contribution is -2.46. The van der Waals surface area contributed by atoms with E-state index in [9.17, 15) is 32.9 Å². The number of carbonyl (C=O) groups excluding carboxylic acids is 2. The maximum absolute atomic E-state index is 13.9. The molecule has 0 saturated carbocycles. The second kappa shape index (κ2) is 11.0. The number of nitro groups is 1. The summed E-state index contributed by atoms with van der Waals surface area (Å²) in [6.45, 7) is 3.57. The number of alkyl halides is 3. The van der Waals surface area contributed by atoms with Crippen molar-refractivity contribution in [1.29, 1.82) is 0 Å². The van der Waals surface area contributed by atoms with Gasteiger partial charge in [-0.2, -0.15) is 13.2 Å². The van der Waals surface area contributed by atoms with Crippen molar-refractivity contribution in [2.24, 2.45) is 5.41 Å². The van der Waals surface area contributed by atoms with Gasteiger partial charge in [0.05, 0.1) is 31.8 Å². The molecule has 0 fully saturated rings. The lowest BCUT2D eigenvalue weighted by molar-refractivity contribution is -0.385. The van der Waals surface area contributed by atoms with Crippen LogP contribution in [-0.4, -0.2) is 38.2 Å². The number of allylic oxidation sites excluding steroid dienone is 1. The van der Waals surface area contributed by atoms with Crippen molar-refractivity contribution in [3.05, 3.63) is 81.9 Å². The zero-order valence-electron chi connectivity index (χ0n) is 19.3. The van der Waals surface area contributed by atoms with Gasteiger partial charge in [0.2, 0.25) is 0 Å². The van der Waals surface area contributed by atoms with Gasteiger partial charge in [0.15, 0.2) is 5.41 Å². The molecule has 0 saturated heterocycles. The Labute approximate surface area is 199 Å². The molecule has 0 aliphatic carbocycles. The number of methoxy groups -OCH3 is 3. The summed E-state index contributed by atoms with van der Waals surface area (Å²) in [5.41, 5.74) is -4.71. The molecule has 11 heteroatoms. The van der Waals surface area contributed by atoms with Gasteiger partial charge in [0, 0.05) is 17.5 Å². The average molecular weight is 495 g/mol. The lowest BCUT2D eigenvalue weighted by Gasteiger charge is -2.36. The Morgan fingerprint density at radius 3 is 2.06 bits per heavy atom. The standard InChI is InChI=1S/C24H24F3NO7/c1-5-13-23(21(29)34-3,22(30)35-4)19(15-9-11-16(33-2)12-10-15)14-17-18(24(25,26)27)7-6-8-20(17)28(31)32/h5-12,19H,1,13-14H2,2-4H3. The van der Waals surface area contributed by atoms with E-state index < -0.39 is 57.6 Å². The van der Waals surface area contributed by atoms with Crippen LogP contribution < -0.4 is 4.74 Å². The largest absolute Gasteiger partial charge is 0.497 e. The Morgan fingerprint density at radius 1 is 1.06 bits per heavy atom. The molecule has 0 bridgehead atoms. The van der Waals surface area contributed by atoms with Crippen LogP contribution in [-0.2, 0) is 31.7 Å². The molecule has 0 aliphatic heterocycles. The Bertz CT molecular complexity index is 1080. The highest BCUT2D eigenvalue weighted by Gasteiger charge is 2.55. The van der Waals surface area contributed by atoms with Crippen molar-refractivity contribution >= 4 is 17.6 Å². The molecule has 0 radical (unpaired) electrons. The van der Waals surface area contributed by atoms with E-state index in [4.69, 9.17) is 14.2 Å². The van der Waals surface area contributed by atoms with Gasteiger partial charge in [-0.3, -0.25) is 19.7 Å². The summed E-state index contributed by atoms with van der Waals surface area (Å²) in [5.74, 6) is -3.14. The van der Waals surface area contributed by atoms with E-state index in [1.807, 2.05) is 0 Å². The van der Waals surface area contributed by atoms with Crippen molar-refractivity contribution in [2.75, 3.05) is 21.3 Å². The normalized spacial score (nSPS) is 12.4. The lowest BCUT2D eigenvalue weighted by atomic mass is 9.66. The molecule has 2 rings (SSSR count). The van der Waals surface area contributed by atoms with Gasteiger partial charge in [-0.15, -0.1) is 6.58 Å². The van der Waals surface area contributed by atoms with Crippen molar-refractivity contribution in [2.45, 2.75) is 24.9 Å². The highest BCUT2D eigenvalue weighted by Crippen LogP contribution is 2.47. The van der Waals surface area contributed by atoms with Gasteiger partial charge >= 0.3 is 18.1 Å². The minimum absolute atomic E-state index is 0.231. The Kier molecular flexibility index (Phi) is 8.62. The predicted octanol–water partition coefficient (Wildman–Crippen LogP) is 4.86. The highest BCUT2D eigenvalue weighted by atomic mass is 19.4. The molecular formula is C24H24F3NO7. The third kappa shape index (κ3) is 5.44. The van der Waals surface area contributed by atoms with Crippen LogP contribution in [0.2, 0.25) is 0 Å². The summed E-state index contributed by atoms with van der Waals surface area (Å²) < 4.78 is 56.6. The predicted molar refractivity (Wildman–Crippen MR) is 119 cm³/mol. The molecule has 0 N–H and O–H groups in total. The van der Waals surface area contributed by atoms with Crippen LogP contribution >= 0.6 is 0 Å². The zero-order chi connectivity index (χ0) is 26.4. The fraction of sp³-hybridized carbons (Fsp3) is 0.333. The number of hydrogen-bond acceptors (Lipinski definition) is 7. The summed E-state index contributed by atoms with van der Waals surface area (Å²) in [6, 6.07) is 8.44. The number of rotatable bonds is 10. The molecule has 0 aliphatic rings. The van der Waals surface area contributed by atoms with Crippen molar-refractivity contribution < 1.29 is 41.9 Å². The molecule has 35 heavy (non-hydrogen) atoms. The maximum Gasteiger partial charge on any atom is 0.416 e. The smallest absolute Gasteiger partial charge is 0.416 e. The molecule has 188 valence electrons. The number of nitrogens with zero attached hydrogens (tertiary/aromatic N) is 1. The van der Waals surface area contributed by atoms with Crippen LogP contribution in [0.15, 0.2) is 55.1 Å². The number of halogens is 3. The van der Waals surface area contributed by atoms with Gasteiger partial charge < -0.3 is 14.2 Å². The van der Waals surface area contributed by atoms with E-state index in [1.54, 1.807) is 0 Å². The topological polar surface area (TPSA) is 105 Å². The second-order valence-corrected chi connectivity index (χ2v) is 7.54. The fourth-order valence-corrected chi connectivity index (χ4v) is 4.11. The van der Waals surface area contributed by atoms with E-state index in [0.717, 1.165) is 26.4 Å². The Hall–Kier alpha value is -3.89. The molecule has 0 aromatic heterocycles. The first-order chi connectivity index (χ1) is 16.5. The van der Waals surface area contributed by atoms with E-state index in [0.29, 0.717) is 11.8 Å². The molecular weight excluding hydrogens is 471 g/mol. The first-order valence-electron chi connectivity index (χ1n) is 10.2. The van der Waals surface area contributed by atoms with Gasteiger partial charge in [0.1, 0.15) is 5.75 Å². The minimum Gasteiger partial charge on any atom is -0.497 e. The summed E-state index contributed by atoms with van der Waals surface area (Å²) in [5, 5.41) is 11.7. The van der Waals surface area contributed by atoms with Crippen molar-refractivity contribution in [3.63, 3.8) is 0 Å². The van der Waals surface area contributed by atoms with Crippen molar-refractivity contribution in [3.8, 4) is 5.75 Å². The SMILES string of the molecule is C=CCC(C(=O)OC)(C(=O)OC)C(Cc1c([N+](=O)[O-])cccc1C(F)(F)F)c1ccc(OC)cc1. The average Bonchev–Trinajstić information content (AvgIpc) is 2.84. The quantitative estimate of drug-likeness (QED) is 0.152.